The zero-order valence-electron chi connectivity index (χ0n) is 10.4. The highest BCUT2D eigenvalue weighted by Gasteiger charge is 2.38. The van der Waals surface area contributed by atoms with Crippen molar-refractivity contribution in [2.75, 3.05) is 23.8 Å². The Morgan fingerprint density at radius 2 is 2.22 bits per heavy atom. The third-order valence-corrected chi connectivity index (χ3v) is 6.67. The average molecular weight is 293 g/mol. The lowest BCUT2D eigenvalue weighted by Gasteiger charge is -2.38. The van der Waals surface area contributed by atoms with E-state index in [2.05, 4.69) is 11.8 Å². The largest absolute Gasteiger partial charge is 0.481 e. The van der Waals surface area contributed by atoms with E-state index in [4.69, 9.17) is 5.11 Å². The number of sulfone groups is 1. The molecule has 2 fully saturated rings. The molecular formula is C11H19NO4S2. The molecule has 0 aromatic carbocycles. The number of nitrogens with zero attached hydrogens (tertiary/aromatic N) is 1. The van der Waals surface area contributed by atoms with Crippen LogP contribution >= 0.6 is 11.8 Å². The van der Waals surface area contributed by atoms with Crippen molar-refractivity contribution in [3.05, 3.63) is 0 Å². The normalized spacial score (nSPS) is 36.6. The number of hydrogen-bond donors (Lipinski definition) is 1. The van der Waals surface area contributed by atoms with Gasteiger partial charge in [0.25, 0.3) is 0 Å². The summed E-state index contributed by atoms with van der Waals surface area (Å²) in [5.74, 6) is 0.228. The summed E-state index contributed by atoms with van der Waals surface area (Å²) in [7, 11) is -3.07. The molecule has 0 amide bonds. The van der Waals surface area contributed by atoms with E-state index < -0.39 is 15.8 Å². The van der Waals surface area contributed by atoms with Gasteiger partial charge in [-0.3, -0.25) is 9.69 Å². The Morgan fingerprint density at radius 1 is 1.50 bits per heavy atom. The maximum atomic E-state index is 11.6. The highest BCUT2D eigenvalue weighted by molar-refractivity contribution is 8.00. The van der Waals surface area contributed by atoms with Crippen LogP contribution < -0.4 is 0 Å². The molecule has 0 aliphatic carbocycles. The quantitative estimate of drug-likeness (QED) is 0.814. The van der Waals surface area contributed by atoms with E-state index in [0.29, 0.717) is 17.8 Å². The van der Waals surface area contributed by atoms with Crippen LogP contribution in [0, 0.1) is 0 Å². The maximum absolute atomic E-state index is 11.6. The smallest absolute Gasteiger partial charge is 0.304 e. The van der Waals surface area contributed by atoms with Crippen LogP contribution in [-0.4, -0.2) is 65.5 Å². The van der Waals surface area contributed by atoms with Gasteiger partial charge in [0, 0.05) is 29.6 Å². The Hall–Kier alpha value is -0.270. The molecule has 104 valence electrons. The summed E-state index contributed by atoms with van der Waals surface area (Å²) in [6.45, 7) is 2.65. The number of rotatable bonds is 3. The number of carboxylic acid groups (broad SMARTS) is 1. The van der Waals surface area contributed by atoms with Gasteiger partial charge in [0.2, 0.25) is 0 Å². The van der Waals surface area contributed by atoms with E-state index >= 15 is 0 Å². The van der Waals surface area contributed by atoms with E-state index in [0.717, 1.165) is 12.2 Å². The molecule has 3 atom stereocenters. The molecule has 0 saturated carbocycles. The first-order chi connectivity index (χ1) is 8.37. The molecule has 3 unspecified atom stereocenters. The van der Waals surface area contributed by atoms with Crippen molar-refractivity contribution in [1.29, 1.82) is 0 Å². The summed E-state index contributed by atoms with van der Waals surface area (Å²) in [5, 5.41) is 9.50. The average Bonchev–Trinajstić information content (AvgIpc) is 2.62. The molecule has 7 heteroatoms. The van der Waals surface area contributed by atoms with Crippen LogP contribution in [0.2, 0.25) is 0 Å². The zero-order valence-corrected chi connectivity index (χ0v) is 12.0. The van der Waals surface area contributed by atoms with Crippen LogP contribution in [-0.2, 0) is 14.6 Å². The molecule has 5 nitrogen and oxygen atoms in total. The Kier molecular flexibility index (Phi) is 4.23. The zero-order chi connectivity index (χ0) is 13.3. The minimum Gasteiger partial charge on any atom is -0.481 e. The SMILES string of the molecule is CC1CC(N2CCS(=O)(=O)CC2CC(=O)O)CS1. The molecule has 0 bridgehead atoms. The van der Waals surface area contributed by atoms with Gasteiger partial charge in [0.1, 0.15) is 0 Å². The maximum Gasteiger partial charge on any atom is 0.304 e. The lowest BCUT2D eigenvalue weighted by Crippen LogP contribution is -2.53. The summed E-state index contributed by atoms with van der Waals surface area (Å²) in [4.78, 5) is 13.0. The molecule has 2 saturated heterocycles. The van der Waals surface area contributed by atoms with Crippen molar-refractivity contribution in [1.82, 2.24) is 4.90 Å². The number of thioether (sulfide) groups is 1. The molecule has 1 N–H and O–H groups in total. The number of hydrogen-bond acceptors (Lipinski definition) is 5. The minimum atomic E-state index is -3.07. The van der Waals surface area contributed by atoms with Gasteiger partial charge < -0.3 is 5.11 Å². The fraction of sp³-hybridized carbons (Fsp3) is 0.909. The molecular weight excluding hydrogens is 274 g/mol. The van der Waals surface area contributed by atoms with Crippen molar-refractivity contribution < 1.29 is 18.3 Å². The third-order valence-electron chi connectivity index (χ3n) is 3.63. The second-order valence-corrected chi connectivity index (χ2v) is 8.84. The first-order valence-corrected chi connectivity index (χ1v) is 9.04. The number of carbonyl (C=O) groups is 1. The van der Waals surface area contributed by atoms with Gasteiger partial charge in [0.05, 0.1) is 17.9 Å². The molecule has 0 spiro atoms. The summed E-state index contributed by atoms with van der Waals surface area (Å²) < 4.78 is 23.3. The van der Waals surface area contributed by atoms with Crippen LogP contribution in [0.15, 0.2) is 0 Å². The summed E-state index contributed by atoms with van der Waals surface area (Å²) in [6.07, 6.45) is 0.954. The van der Waals surface area contributed by atoms with Crippen LogP contribution in [0.4, 0.5) is 0 Å². The minimum absolute atomic E-state index is 0.00511. The van der Waals surface area contributed by atoms with Gasteiger partial charge in [-0.25, -0.2) is 8.42 Å². The van der Waals surface area contributed by atoms with Crippen molar-refractivity contribution in [3.63, 3.8) is 0 Å². The molecule has 0 aromatic rings. The van der Waals surface area contributed by atoms with Gasteiger partial charge >= 0.3 is 5.97 Å². The van der Waals surface area contributed by atoms with Gasteiger partial charge in [0.15, 0.2) is 9.84 Å². The van der Waals surface area contributed by atoms with E-state index in [1.807, 2.05) is 11.8 Å². The van der Waals surface area contributed by atoms with E-state index in [-0.39, 0.29) is 24.0 Å². The second-order valence-electron chi connectivity index (χ2n) is 5.14. The molecule has 0 radical (unpaired) electrons. The van der Waals surface area contributed by atoms with E-state index in [1.54, 1.807) is 0 Å². The summed E-state index contributed by atoms with van der Waals surface area (Å²) in [6, 6.07) is -0.0120. The molecule has 18 heavy (non-hydrogen) atoms. The van der Waals surface area contributed by atoms with E-state index in [1.165, 1.54) is 0 Å². The lowest BCUT2D eigenvalue weighted by molar-refractivity contribution is -0.138. The van der Waals surface area contributed by atoms with Crippen molar-refractivity contribution in [2.24, 2.45) is 0 Å². The van der Waals surface area contributed by atoms with E-state index in [9.17, 15) is 13.2 Å². The van der Waals surface area contributed by atoms with Gasteiger partial charge in [-0.1, -0.05) is 6.92 Å². The summed E-state index contributed by atoms with van der Waals surface area (Å²) in [5.41, 5.74) is 0. The van der Waals surface area contributed by atoms with Crippen LogP contribution in [0.25, 0.3) is 0 Å². The number of carboxylic acids is 1. The monoisotopic (exact) mass is 293 g/mol. The molecule has 0 aromatic heterocycles. The Balaban J connectivity index is 2.09. The topological polar surface area (TPSA) is 74.7 Å². The fourth-order valence-electron chi connectivity index (χ4n) is 2.78. The van der Waals surface area contributed by atoms with Gasteiger partial charge in [-0.05, 0) is 6.42 Å². The first-order valence-electron chi connectivity index (χ1n) is 6.17. The van der Waals surface area contributed by atoms with Crippen LogP contribution in [0.1, 0.15) is 19.8 Å². The molecule has 2 aliphatic heterocycles. The van der Waals surface area contributed by atoms with Crippen molar-refractivity contribution >= 4 is 27.6 Å². The predicted molar refractivity (Wildman–Crippen MR) is 71.7 cm³/mol. The highest BCUT2D eigenvalue weighted by atomic mass is 32.2. The standard InChI is InChI=1S/C11H19NO4S2/c1-8-4-9(6-17-8)12-2-3-18(15,16)7-10(12)5-11(13)14/h8-10H,2-7H2,1H3,(H,13,14). The Labute approximate surface area is 112 Å². The highest BCUT2D eigenvalue weighted by Crippen LogP contribution is 2.32. The van der Waals surface area contributed by atoms with Crippen LogP contribution in [0.5, 0.6) is 0 Å². The fourth-order valence-corrected chi connectivity index (χ4v) is 5.57. The number of aliphatic carboxylic acids is 1. The molecule has 2 heterocycles. The lowest BCUT2D eigenvalue weighted by atomic mass is 10.1. The Bertz CT molecular complexity index is 423. The Morgan fingerprint density at radius 3 is 2.78 bits per heavy atom. The van der Waals surface area contributed by atoms with Gasteiger partial charge in [-0.15, -0.1) is 0 Å². The first kappa shape index (κ1) is 14.1. The predicted octanol–water partition coefficient (Wildman–Crippen LogP) is 0.454. The van der Waals surface area contributed by atoms with Crippen molar-refractivity contribution in [3.8, 4) is 0 Å². The third kappa shape index (κ3) is 3.39. The summed E-state index contributed by atoms with van der Waals surface area (Å²) >= 11 is 1.88. The molecule has 2 aliphatic rings. The van der Waals surface area contributed by atoms with Crippen LogP contribution in [0.3, 0.4) is 0 Å². The second kappa shape index (κ2) is 5.38. The van der Waals surface area contributed by atoms with Crippen molar-refractivity contribution in [2.45, 2.75) is 37.1 Å². The van der Waals surface area contributed by atoms with Gasteiger partial charge in [-0.2, -0.15) is 11.8 Å². The molecule has 2 rings (SSSR count).